The molecule has 0 aromatic rings. The molecule has 2 nitrogen and oxygen atoms in total. The van der Waals surface area contributed by atoms with Crippen LogP contribution in [0.15, 0.2) is 0 Å². The summed E-state index contributed by atoms with van der Waals surface area (Å²) in [5.74, 6) is 1.62. The molecule has 0 saturated heterocycles. The first kappa shape index (κ1) is 12.0. The number of rotatable bonds is 6. The highest BCUT2D eigenvalue weighted by Crippen LogP contribution is 2.25. The van der Waals surface area contributed by atoms with Gasteiger partial charge >= 0.3 is 0 Å². The maximum Gasteiger partial charge on any atom is 0.00191 e. The van der Waals surface area contributed by atoms with Crippen molar-refractivity contribution in [3.05, 3.63) is 0 Å². The maximum absolute atomic E-state index is 5.66. The van der Waals surface area contributed by atoms with Crippen LogP contribution in [0.5, 0.6) is 0 Å². The van der Waals surface area contributed by atoms with Crippen LogP contribution in [0.2, 0.25) is 0 Å². The van der Waals surface area contributed by atoms with Crippen LogP contribution in [0.4, 0.5) is 0 Å². The molecule has 1 aliphatic rings. The average molecular weight is 198 g/mol. The molecular formula is C12H26N2. The highest BCUT2D eigenvalue weighted by Gasteiger charge is 2.18. The Morgan fingerprint density at radius 3 is 2.50 bits per heavy atom. The van der Waals surface area contributed by atoms with Crippen LogP contribution in [0, 0.1) is 11.8 Å². The minimum atomic E-state index is 0.649. The Labute approximate surface area is 88.8 Å². The van der Waals surface area contributed by atoms with Crippen LogP contribution >= 0.6 is 0 Å². The van der Waals surface area contributed by atoms with Gasteiger partial charge in [-0.3, -0.25) is 0 Å². The molecule has 0 aromatic heterocycles. The standard InChI is InChI=1S/C12H26N2/c1-3-14(9-11(2)8-13)10-12-6-4-5-7-12/h11-12H,3-10,13H2,1-2H3. The van der Waals surface area contributed by atoms with Gasteiger partial charge in [-0.2, -0.15) is 0 Å². The fourth-order valence-electron chi connectivity index (χ4n) is 2.41. The molecule has 0 amide bonds. The molecule has 0 heterocycles. The first-order valence-electron chi connectivity index (χ1n) is 6.18. The van der Waals surface area contributed by atoms with Gasteiger partial charge in [-0.25, -0.2) is 0 Å². The molecule has 1 unspecified atom stereocenters. The summed E-state index contributed by atoms with van der Waals surface area (Å²) in [4.78, 5) is 2.58. The second-order valence-electron chi connectivity index (χ2n) is 4.84. The van der Waals surface area contributed by atoms with Crippen molar-refractivity contribution in [2.75, 3.05) is 26.2 Å². The van der Waals surface area contributed by atoms with Gasteiger partial charge in [-0.05, 0) is 37.8 Å². The van der Waals surface area contributed by atoms with E-state index in [4.69, 9.17) is 5.73 Å². The summed E-state index contributed by atoms with van der Waals surface area (Å²) >= 11 is 0. The first-order valence-corrected chi connectivity index (χ1v) is 6.18. The number of nitrogens with zero attached hydrogens (tertiary/aromatic N) is 1. The van der Waals surface area contributed by atoms with E-state index in [-0.39, 0.29) is 0 Å². The quantitative estimate of drug-likeness (QED) is 0.708. The van der Waals surface area contributed by atoms with E-state index in [2.05, 4.69) is 18.7 Å². The predicted molar refractivity (Wildman–Crippen MR) is 62.3 cm³/mol. The lowest BCUT2D eigenvalue weighted by molar-refractivity contribution is 0.215. The van der Waals surface area contributed by atoms with Gasteiger partial charge in [0.25, 0.3) is 0 Å². The van der Waals surface area contributed by atoms with Crippen molar-refractivity contribution in [2.24, 2.45) is 17.6 Å². The zero-order valence-corrected chi connectivity index (χ0v) is 9.84. The molecule has 14 heavy (non-hydrogen) atoms. The first-order chi connectivity index (χ1) is 6.76. The SMILES string of the molecule is CCN(CC(C)CN)CC1CCCC1. The Hall–Kier alpha value is -0.0800. The summed E-state index contributed by atoms with van der Waals surface area (Å²) < 4.78 is 0. The normalized spacial score (nSPS) is 20.6. The van der Waals surface area contributed by atoms with Crippen LogP contribution in [0.1, 0.15) is 39.5 Å². The van der Waals surface area contributed by atoms with E-state index < -0.39 is 0 Å². The molecule has 1 rings (SSSR count). The van der Waals surface area contributed by atoms with Crippen molar-refractivity contribution in [3.8, 4) is 0 Å². The molecule has 2 N–H and O–H groups in total. The van der Waals surface area contributed by atoms with Crippen molar-refractivity contribution in [2.45, 2.75) is 39.5 Å². The van der Waals surface area contributed by atoms with Gasteiger partial charge in [-0.1, -0.05) is 26.7 Å². The summed E-state index contributed by atoms with van der Waals surface area (Å²) in [5.41, 5.74) is 5.66. The molecular weight excluding hydrogens is 172 g/mol. The lowest BCUT2D eigenvalue weighted by Crippen LogP contribution is -2.34. The summed E-state index contributed by atoms with van der Waals surface area (Å²) in [7, 11) is 0. The van der Waals surface area contributed by atoms with E-state index in [9.17, 15) is 0 Å². The second-order valence-corrected chi connectivity index (χ2v) is 4.84. The van der Waals surface area contributed by atoms with Gasteiger partial charge in [0.15, 0.2) is 0 Å². The van der Waals surface area contributed by atoms with Crippen LogP contribution in [-0.2, 0) is 0 Å². The molecule has 0 radical (unpaired) electrons. The third kappa shape index (κ3) is 3.97. The molecule has 2 heteroatoms. The molecule has 1 aliphatic carbocycles. The third-order valence-corrected chi connectivity index (χ3v) is 3.41. The maximum atomic E-state index is 5.66. The summed E-state index contributed by atoms with van der Waals surface area (Å²) in [6.45, 7) is 9.00. The number of hydrogen-bond acceptors (Lipinski definition) is 2. The lowest BCUT2D eigenvalue weighted by Gasteiger charge is -2.26. The number of nitrogens with two attached hydrogens (primary N) is 1. The van der Waals surface area contributed by atoms with Crippen molar-refractivity contribution < 1.29 is 0 Å². The second kappa shape index (κ2) is 6.41. The van der Waals surface area contributed by atoms with Crippen molar-refractivity contribution in [1.29, 1.82) is 0 Å². The van der Waals surface area contributed by atoms with Gasteiger partial charge in [-0.15, -0.1) is 0 Å². The zero-order valence-electron chi connectivity index (χ0n) is 9.84. The fourth-order valence-corrected chi connectivity index (χ4v) is 2.41. The van der Waals surface area contributed by atoms with Gasteiger partial charge < -0.3 is 10.6 Å². The average Bonchev–Trinajstić information content (AvgIpc) is 2.69. The Morgan fingerprint density at radius 1 is 1.36 bits per heavy atom. The monoisotopic (exact) mass is 198 g/mol. The largest absolute Gasteiger partial charge is 0.330 e. The molecule has 1 fully saturated rings. The molecule has 84 valence electrons. The Bertz CT molecular complexity index is 141. The minimum absolute atomic E-state index is 0.649. The van der Waals surface area contributed by atoms with Gasteiger partial charge in [0, 0.05) is 13.1 Å². The van der Waals surface area contributed by atoms with Crippen molar-refractivity contribution in [3.63, 3.8) is 0 Å². The summed E-state index contributed by atoms with van der Waals surface area (Å²) in [6, 6.07) is 0. The smallest absolute Gasteiger partial charge is 0.00191 e. The van der Waals surface area contributed by atoms with Crippen molar-refractivity contribution >= 4 is 0 Å². The van der Waals surface area contributed by atoms with E-state index in [1.807, 2.05) is 0 Å². The molecule has 0 aromatic carbocycles. The molecule has 0 bridgehead atoms. The fraction of sp³-hybridized carbons (Fsp3) is 1.00. The van der Waals surface area contributed by atoms with Gasteiger partial charge in [0.2, 0.25) is 0 Å². The molecule has 1 saturated carbocycles. The van der Waals surface area contributed by atoms with Gasteiger partial charge in [0.05, 0.1) is 0 Å². The van der Waals surface area contributed by atoms with E-state index in [1.54, 1.807) is 0 Å². The Kier molecular flexibility index (Phi) is 5.49. The van der Waals surface area contributed by atoms with E-state index in [1.165, 1.54) is 45.3 Å². The Balaban J connectivity index is 2.22. The molecule has 0 aliphatic heterocycles. The van der Waals surface area contributed by atoms with Crippen LogP contribution in [-0.4, -0.2) is 31.1 Å². The van der Waals surface area contributed by atoms with E-state index in [0.29, 0.717) is 5.92 Å². The van der Waals surface area contributed by atoms with Crippen LogP contribution in [0.3, 0.4) is 0 Å². The predicted octanol–water partition coefficient (Wildman–Crippen LogP) is 2.09. The third-order valence-electron chi connectivity index (χ3n) is 3.41. The van der Waals surface area contributed by atoms with E-state index >= 15 is 0 Å². The minimum Gasteiger partial charge on any atom is -0.330 e. The van der Waals surface area contributed by atoms with Crippen LogP contribution in [0.25, 0.3) is 0 Å². The summed E-state index contributed by atoms with van der Waals surface area (Å²) in [5, 5.41) is 0. The summed E-state index contributed by atoms with van der Waals surface area (Å²) in [6.07, 6.45) is 5.81. The highest BCUT2D eigenvalue weighted by molar-refractivity contribution is 4.72. The highest BCUT2D eigenvalue weighted by atomic mass is 15.1. The lowest BCUT2D eigenvalue weighted by atomic mass is 10.1. The van der Waals surface area contributed by atoms with Gasteiger partial charge in [0.1, 0.15) is 0 Å². The molecule has 0 spiro atoms. The molecule has 1 atom stereocenters. The number of hydrogen-bond donors (Lipinski definition) is 1. The Morgan fingerprint density at radius 2 is 2.00 bits per heavy atom. The topological polar surface area (TPSA) is 29.3 Å². The van der Waals surface area contributed by atoms with Crippen molar-refractivity contribution in [1.82, 2.24) is 4.90 Å². The van der Waals surface area contributed by atoms with E-state index in [0.717, 1.165) is 12.5 Å². The zero-order chi connectivity index (χ0) is 10.4. The van der Waals surface area contributed by atoms with Crippen LogP contribution < -0.4 is 5.73 Å².